The van der Waals surface area contributed by atoms with Gasteiger partial charge in [0.25, 0.3) is 0 Å². The summed E-state index contributed by atoms with van der Waals surface area (Å²) in [5.74, 6) is 0.917. The number of benzene rings is 5. The molecule has 0 saturated heterocycles. The summed E-state index contributed by atoms with van der Waals surface area (Å²) in [4.78, 5) is 15.4. The van der Waals surface area contributed by atoms with Crippen LogP contribution in [0.25, 0.3) is 70.4 Å². The summed E-state index contributed by atoms with van der Waals surface area (Å²) in [6.07, 6.45) is 3.88. The van der Waals surface area contributed by atoms with E-state index >= 15 is 0 Å². The van der Waals surface area contributed by atoms with Crippen molar-refractivity contribution in [3.05, 3.63) is 151 Å². The van der Waals surface area contributed by atoms with Gasteiger partial charge in [-0.1, -0.05) is 91.3 Å². The molecule has 9 aromatic rings. The van der Waals surface area contributed by atoms with E-state index in [1.54, 1.807) is 11.3 Å². The molecule has 0 bridgehead atoms. The Balaban J connectivity index is 0.000000202. The third-order valence-electron chi connectivity index (χ3n) is 9.23. The minimum absolute atomic E-state index is 0. The van der Waals surface area contributed by atoms with Gasteiger partial charge in [0.05, 0.1) is 24.9 Å². The second kappa shape index (κ2) is 14.1. The van der Waals surface area contributed by atoms with Crippen LogP contribution in [0.5, 0.6) is 0 Å². The minimum Gasteiger partial charge on any atom is -0.333 e. The van der Waals surface area contributed by atoms with Crippen molar-refractivity contribution in [3.8, 4) is 28.3 Å². The van der Waals surface area contributed by atoms with E-state index in [1.165, 1.54) is 48.2 Å². The third-order valence-corrected chi connectivity index (χ3v) is 12.4. The average Bonchev–Trinajstić information content (AvgIpc) is 3.69. The van der Waals surface area contributed by atoms with E-state index in [0.29, 0.717) is 0 Å². The normalized spacial score (nSPS) is 11.5. The smallest absolute Gasteiger partial charge is 0.113 e. The van der Waals surface area contributed by atoms with E-state index in [-0.39, 0.29) is 20.1 Å². The van der Waals surface area contributed by atoms with Crippen LogP contribution >= 0.6 is 11.3 Å². The number of aryl methyl sites for hydroxylation is 2. The van der Waals surface area contributed by atoms with Crippen molar-refractivity contribution in [2.75, 3.05) is 0 Å². The Morgan fingerprint density at radius 3 is 2.18 bits per heavy atom. The standard InChI is InChI=1S/C30H20N3S.C14H16NSi.Ir/c1-18-8-5-9-19(2)27(18)33-26-17-21-11-4-3-10-20(21)16-25(26)32-29(33)24-13-6-12-22-23-14-7-15-31-30(23)34-28(22)24;1-16(2,3)13-9-10-14(15-11-13)12-7-5-4-6-8-12;/h3-12,14-17H,1-2H3;4-7,9-11H,1-3H3;/q2*-1;. The van der Waals surface area contributed by atoms with Crippen LogP contribution in [0.15, 0.2) is 128 Å². The van der Waals surface area contributed by atoms with Crippen molar-refractivity contribution in [2.45, 2.75) is 33.5 Å². The maximum atomic E-state index is 5.23. The number of fused-ring (bicyclic) bond motifs is 5. The number of pyridine rings is 2. The fourth-order valence-electron chi connectivity index (χ4n) is 6.61. The Morgan fingerprint density at radius 1 is 0.706 bits per heavy atom. The maximum Gasteiger partial charge on any atom is 0.113 e. The molecule has 4 heterocycles. The number of aromatic nitrogens is 4. The van der Waals surface area contributed by atoms with Crippen LogP contribution in [0, 0.1) is 26.0 Å². The molecule has 1 radical (unpaired) electrons. The SMILES string of the molecule is C[Si](C)(C)c1ccc(-c2[c-]cccc2)nc1.Cc1cccc(C)c1-n1c(-c2[c-]ccc3c2sc2ncccc23)nc2cc3ccccc3cc21.[Ir]. The molecule has 7 heteroatoms. The summed E-state index contributed by atoms with van der Waals surface area (Å²) in [6.45, 7) is 11.3. The van der Waals surface area contributed by atoms with Gasteiger partial charge in [-0.25, -0.2) is 4.98 Å². The largest absolute Gasteiger partial charge is 0.333 e. The van der Waals surface area contributed by atoms with E-state index in [9.17, 15) is 0 Å². The van der Waals surface area contributed by atoms with Crippen molar-refractivity contribution < 1.29 is 20.1 Å². The zero-order valence-corrected chi connectivity index (χ0v) is 33.4. The summed E-state index contributed by atoms with van der Waals surface area (Å²) in [7, 11) is -1.23. The molecule has 9 rings (SSSR count). The molecule has 0 unspecified atom stereocenters. The Kier molecular flexibility index (Phi) is 9.57. The molecule has 0 atom stereocenters. The van der Waals surface area contributed by atoms with E-state index < -0.39 is 8.07 Å². The van der Waals surface area contributed by atoms with Gasteiger partial charge < -0.3 is 9.55 Å². The van der Waals surface area contributed by atoms with Gasteiger partial charge in [-0.2, -0.15) is 11.3 Å². The van der Waals surface area contributed by atoms with Crippen LogP contribution < -0.4 is 5.19 Å². The fraction of sp³-hybridized carbons (Fsp3) is 0.114. The van der Waals surface area contributed by atoms with Crippen molar-refractivity contribution >= 4 is 66.7 Å². The number of thiophene rings is 1. The minimum atomic E-state index is -1.23. The second-order valence-corrected chi connectivity index (χ2v) is 19.8. The summed E-state index contributed by atoms with van der Waals surface area (Å²) in [5, 5.41) is 6.18. The molecule has 5 aromatic carbocycles. The van der Waals surface area contributed by atoms with Crippen LogP contribution in [-0.4, -0.2) is 27.6 Å². The molecule has 0 aliphatic rings. The Morgan fingerprint density at radius 2 is 1.47 bits per heavy atom. The molecule has 0 saturated carbocycles. The zero-order chi connectivity index (χ0) is 34.4. The first-order valence-corrected chi connectivity index (χ1v) is 21.2. The second-order valence-electron chi connectivity index (χ2n) is 13.7. The van der Waals surface area contributed by atoms with E-state index in [4.69, 9.17) is 4.98 Å². The topological polar surface area (TPSA) is 43.6 Å². The van der Waals surface area contributed by atoms with Crippen molar-refractivity contribution in [3.63, 3.8) is 0 Å². The molecule has 0 amide bonds. The van der Waals surface area contributed by atoms with Crippen LogP contribution in [0.3, 0.4) is 0 Å². The Labute approximate surface area is 317 Å². The van der Waals surface area contributed by atoms with E-state index in [2.05, 4.69) is 139 Å². The monoisotopic (exact) mass is 873 g/mol. The zero-order valence-electron chi connectivity index (χ0n) is 29.2. The number of para-hydroxylation sites is 1. The molecular formula is C44H36IrN4SSi-2. The molecule has 51 heavy (non-hydrogen) atoms. The summed E-state index contributed by atoms with van der Waals surface area (Å²) in [5.41, 5.74) is 8.80. The molecular weight excluding hydrogens is 837 g/mol. The number of imidazole rings is 1. The van der Waals surface area contributed by atoms with Gasteiger partial charge in [0.15, 0.2) is 0 Å². The molecule has 4 nitrogen and oxygen atoms in total. The first kappa shape index (κ1) is 34.7. The van der Waals surface area contributed by atoms with Crippen molar-refractivity contribution in [1.29, 1.82) is 0 Å². The summed E-state index contributed by atoms with van der Waals surface area (Å²) in [6, 6.07) is 46.7. The molecule has 0 aliphatic carbocycles. The van der Waals surface area contributed by atoms with E-state index in [0.717, 1.165) is 38.5 Å². The van der Waals surface area contributed by atoms with Gasteiger partial charge in [-0.15, -0.1) is 54.1 Å². The van der Waals surface area contributed by atoms with Gasteiger partial charge in [-0.05, 0) is 74.9 Å². The first-order chi connectivity index (χ1) is 24.3. The van der Waals surface area contributed by atoms with Crippen molar-refractivity contribution in [1.82, 2.24) is 19.5 Å². The number of nitrogens with zero attached hydrogens (tertiary/aromatic N) is 4. The molecule has 0 aliphatic heterocycles. The quantitative estimate of drug-likeness (QED) is 0.131. The van der Waals surface area contributed by atoms with Gasteiger partial charge in [0, 0.05) is 38.2 Å². The van der Waals surface area contributed by atoms with Crippen LogP contribution in [0.2, 0.25) is 19.6 Å². The molecule has 0 spiro atoms. The molecule has 4 aromatic heterocycles. The van der Waals surface area contributed by atoms with Gasteiger partial charge in [-0.3, -0.25) is 4.98 Å². The van der Waals surface area contributed by atoms with Crippen molar-refractivity contribution in [2.24, 2.45) is 0 Å². The predicted molar refractivity (Wildman–Crippen MR) is 214 cm³/mol. The molecule has 0 N–H and O–H groups in total. The number of hydrogen-bond donors (Lipinski definition) is 0. The predicted octanol–water partition coefficient (Wildman–Crippen LogP) is 11.1. The van der Waals surface area contributed by atoms with Crippen LogP contribution in [0.4, 0.5) is 0 Å². The van der Waals surface area contributed by atoms with Crippen LogP contribution in [-0.2, 0) is 20.1 Å². The molecule has 253 valence electrons. The van der Waals surface area contributed by atoms with E-state index in [1.807, 2.05) is 48.8 Å². The Bertz CT molecular complexity index is 2640. The number of hydrogen-bond acceptors (Lipinski definition) is 4. The van der Waals surface area contributed by atoms with Gasteiger partial charge in [0.2, 0.25) is 0 Å². The third kappa shape index (κ3) is 6.59. The van der Waals surface area contributed by atoms with Gasteiger partial charge >= 0.3 is 0 Å². The maximum absolute atomic E-state index is 5.23. The fourth-order valence-corrected chi connectivity index (χ4v) is 8.78. The van der Waals surface area contributed by atoms with Crippen LogP contribution in [0.1, 0.15) is 11.1 Å². The first-order valence-electron chi connectivity index (χ1n) is 16.9. The van der Waals surface area contributed by atoms with Gasteiger partial charge in [0.1, 0.15) is 4.83 Å². The molecule has 0 fully saturated rings. The average molecular weight is 873 g/mol. The summed E-state index contributed by atoms with van der Waals surface area (Å²) >= 11 is 1.71. The number of rotatable bonds is 4. The summed E-state index contributed by atoms with van der Waals surface area (Å²) < 4.78 is 3.50. The Hall–Kier alpha value is -4.78.